The first-order valence-corrected chi connectivity index (χ1v) is 10.6. The lowest BCUT2D eigenvalue weighted by atomic mass is 9.40. The molecular weight excluding hydrogens is 404 g/mol. The zero-order chi connectivity index (χ0) is 23.6. The topological polar surface area (TPSA) is 148 Å². The minimum absolute atomic E-state index is 0.0476. The lowest BCUT2D eigenvalue weighted by molar-refractivity contribution is -0.0946. The Bertz CT molecular complexity index is 1390. The highest BCUT2D eigenvalue weighted by Gasteiger charge is 2.69. The summed E-state index contributed by atoms with van der Waals surface area (Å²) >= 11 is 0. The molecular formula is C20H18N6O3S. The first kappa shape index (κ1) is 15.5. The molecule has 3 aliphatic rings. The molecule has 9 nitrogen and oxygen atoms in total. The molecule has 2 bridgehead atoms. The van der Waals surface area contributed by atoms with Crippen LogP contribution in [0.2, 0.25) is 0 Å². The Labute approximate surface area is 177 Å². The number of nitriles is 1. The fraction of sp³-hybridized carbons (Fsp3) is 0.300. The molecule has 0 atom stereocenters. The van der Waals surface area contributed by atoms with E-state index < -0.39 is 27.8 Å². The van der Waals surface area contributed by atoms with Crippen molar-refractivity contribution in [3.63, 3.8) is 0 Å². The molecule has 0 aliphatic heterocycles. The highest BCUT2D eigenvalue weighted by Crippen LogP contribution is 2.67. The predicted octanol–water partition coefficient (Wildman–Crippen LogP) is 2.41. The van der Waals surface area contributed by atoms with E-state index in [4.69, 9.17) is 14.3 Å². The Morgan fingerprint density at radius 2 is 2.13 bits per heavy atom. The fourth-order valence-corrected chi connectivity index (χ4v) is 5.73. The largest absolute Gasteiger partial charge is 0.442 e. The number of nitrogens with one attached hydrogen (secondary N) is 1. The molecule has 3 aliphatic carbocycles. The zero-order valence-corrected chi connectivity index (χ0v) is 16.4. The average molecular weight is 425 g/mol. The number of nitrogens with two attached hydrogens (primary N) is 1. The molecule has 10 heteroatoms. The van der Waals surface area contributed by atoms with Gasteiger partial charge in [-0.1, -0.05) is 6.07 Å². The Morgan fingerprint density at radius 3 is 2.80 bits per heavy atom. The molecule has 0 unspecified atom stereocenters. The Morgan fingerprint density at radius 1 is 1.33 bits per heavy atom. The Kier molecular flexibility index (Phi) is 3.16. The summed E-state index contributed by atoms with van der Waals surface area (Å²) < 4.78 is 57.8. The summed E-state index contributed by atoms with van der Waals surface area (Å²) in [6.45, 7) is -2.53. The minimum Gasteiger partial charge on any atom is -0.442 e. The number of aromatic nitrogens is 3. The number of hydrogen-bond donors (Lipinski definition) is 2. The van der Waals surface area contributed by atoms with Crippen LogP contribution in [0.4, 0.5) is 5.82 Å². The quantitative estimate of drug-likeness (QED) is 0.633. The van der Waals surface area contributed by atoms with Crippen LogP contribution >= 0.6 is 0 Å². The molecule has 3 N–H and O–H groups in total. The third kappa shape index (κ3) is 2.78. The molecule has 2 aromatic heterocycles. The van der Waals surface area contributed by atoms with E-state index in [0.29, 0.717) is 19.3 Å². The lowest BCUT2D eigenvalue weighted by Gasteiger charge is -2.66. The molecule has 1 aromatic carbocycles. The maximum Gasteiger partial charge on any atom is 0.241 e. The van der Waals surface area contributed by atoms with Gasteiger partial charge in [-0.25, -0.2) is 28.1 Å². The lowest BCUT2D eigenvalue weighted by Crippen LogP contribution is -2.74. The van der Waals surface area contributed by atoms with Crippen molar-refractivity contribution in [2.45, 2.75) is 36.5 Å². The molecule has 0 saturated heterocycles. The molecule has 0 radical (unpaired) electrons. The van der Waals surface area contributed by atoms with Crippen LogP contribution in [0.25, 0.3) is 22.7 Å². The van der Waals surface area contributed by atoms with Gasteiger partial charge in [0.1, 0.15) is 0 Å². The molecule has 3 saturated carbocycles. The number of benzene rings is 1. The number of anilines is 1. The summed E-state index contributed by atoms with van der Waals surface area (Å²) in [7, 11) is -3.97. The van der Waals surface area contributed by atoms with Gasteiger partial charge in [0.05, 0.1) is 34.5 Å². The van der Waals surface area contributed by atoms with E-state index >= 15 is 0 Å². The Balaban J connectivity index is 1.57. The second-order valence-electron chi connectivity index (χ2n) is 7.87. The van der Waals surface area contributed by atoms with Crippen molar-refractivity contribution in [2.24, 2.45) is 5.41 Å². The van der Waals surface area contributed by atoms with Crippen molar-refractivity contribution < 1.29 is 16.9 Å². The monoisotopic (exact) mass is 425 g/mol. The highest BCUT2D eigenvalue weighted by atomic mass is 32.2. The number of nitrogen functional groups attached to an aromatic ring is 1. The summed E-state index contributed by atoms with van der Waals surface area (Å²) in [6.07, 6.45) is 5.27. The van der Waals surface area contributed by atoms with Crippen LogP contribution in [0.3, 0.4) is 0 Å². The van der Waals surface area contributed by atoms with Crippen LogP contribution in [-0.2, 0) is 10.0 Å². The van der Waals surface area contributed by atoms with Crippen molar-refractivity contribution in [1.29, 1.82) is 5.26 Å². The zero-order valence-electron chi connectivity index (χ0n) is 18.6. The van der Waals surface area contributed by atoms with Crippen LogP contribution in [0.1, 0.15) is 28.9 Å². The molecule has 152 valence electrons. The van der Waals surface area contributed by atoms with Crippen molar-refractivity contribution in [2.75, 3.05) is 5.73 Å². The third-order valence-corrected chi connectivity index (χ3v) is 7.24. The van der Waals surface area contributed by atoms with Crippen LogP contribution in [0, 0.1) is 23.6 Å². The third-order valence-electron chi connectivity index (χ3n) is 5.66. The van der Waals surface area contributed by atoms with Crippen molar-refractivity contribution in [3.05, 3.63) is 42.5 Å². The fourth-order valence-electron chi connectivity index (χ4n) is 4.30. The van der Waals surface area contributed by atoms with Crippen molar-refractivity contribution in [3.8, 4) is 28.8 Å². The van der Waals surface area contributed by atoms with E-state index in [2.05, 4.69) is 25.7 Å². The number of oxazole rings is 1. The summed E-state index contributed by atoms with van der Waals surface area (Å²) in [6, 6.07) is 6.00. The van der Waals surface area contributed by atoms with Crippen LogP contribution in [0.5, 0.6) is 0 Å². The first-order chi connectivity index (χ1) is 15.5. The molecule has 0 spiro atoms. The van der Waals surface area contributed by atoms with E-state index in [1.807, 2.05) is 0 Å². The van der Waals surface area contributed by atoms with E-state index in [1.54, 1.807) is 0 Å². The summed E-state index contributed by atoms with van der Waals surface area (Å²) in [5.74, 6) is 0.282. The second kappa shape index (κ2) is 6.10. The molecule has 3 fully saturated rings. The van der Waals surface area contributed by atoms with Gasteiger partial charge in [-0.15, -0.1) is 0 Å². The number of sulfonamides is 1. The van der Waals surface area contributed by atoms with Gasteiger partial charge in [-0.3, -0.25) is 0 Å². The molecule has 0 amide bonds. The van der Waals surface area contributed by atoms with Gasteiger partial charge in [-0.2, -0.15) is 5.26 Å². The average Bonchev–Trinajstić information content (AvgIpc) is 3.23. The van der Waals surface area contributed by atoms with Gasteiger partial charge in [0.2, 0.25) is 10.0 Å². The van der Waals surface area contributed by atoms with Crippen LogP contribution in [-0.4, -0.2) is 28.9 Å². The van der Waals surface area contributed by atoms with Crippen LogP contribution < -0.4 is 10.5 Å². The number of hydrogen-bond acceptors (Lipinski definition) is 8. The number of rotatable bonds is 5. The maximum atomic E-state index is 13.1. The molecule has 2 heterocycles. The first-order valence-electron chi connectivity index (χ1n) is 10.6. The summed E-state index contributed by atoms with van der Waals surface area (Å²) in [5.41, 5.74) is 5.13. The van der Waals surface area contributed by atoms with Gasteiger partial charge in [0.15, 0.2) is 23.7 Å². The van der Waals surface area contributed by atoms with Crippen molar-refractivity contribution >= 4 is 15.8 Å². The van der Waals surface area contributed by atoms with Crippen LogP contribution in [0.15, 0.2) is 46.3 Å². The normalized spacial score (nSPS) is 26.4. The van der Waals surface area contributed by atoms with Gasteiger partial charge in [0.25, 0.3) is 0 Å². The van der Waals surface area contributed by atoms with E-state index in [1.165, 1.54) is 37.0 Å². The Hall–Kier alpha value is -3.29. The SMILES string of the molecule is [2H]C([2H])([2H])c1ccc(S(=O)(=O)NC23CC(C#N)(C2)C3)cc1-c1cnc(N)c(-c2cnco2)n1. The van der Waals surface area contributed by atoms with E-state index in [0.717, 1.165) is 0 Å². The molecule has 30 heavy (non-hydrogen) atoms. The second-order valence-corrected chi connectivity index (χ2v) is 9.55. The molecule has 6 rings (SSSR count). The predicted molar refractivity (Wildman–Crippen MR) is 107 cm³/mol. The minimum atomic E-state index is -3.97. The van der Waals surface area contributed by atoms with Gasteiger partial charge in [0, 0.05) is 15.2 Å². The van der Waals surface area contributed by atoms with E-state index in [-0.39, 0.29) is 39.0 Å². The van der Waals surface area contributed by atoms with Gasteiger partial charge >= 0.3 is 0 Å². The molecule has 3 aromatic rings. The number of aryl methyl sites for hydroxylation is 1. The summed E-state index contributed by atoms with van der Waals surface area (Å²) in [5, 5.41) is 9.18. The van der Waals surface area contributed by atoms with Gasteiger partial charge < -0.3 is 10.2 Å². The smallest absolute Gasteiger partial charge is 0.241 e. The van der Waals surface area contributed by atoms with Gasteiger partial charge in [-0.05, 0) is 43.8 Å². The van der Waals surface area contributed by atoms with E-state index in [9.17, 15) is 13.7 Å². The highest BCUT2D eigenvalue weighted by molar-refractivity contribution is 7.89. The summed E-state index contributed by atoms with van der Waals surface area (Å²) in [4.78, 5) is 12.2. The standard InChI is InChI=1S/C20H18N6O3S/c1-12-2-3-13(30(27,28)26-20-7-19(8-20,9-20)10-21)4-14(12)15-5-24-18(22)17(25-15)16-6-23-11-29-16/h2-6,11,26H,7-9H2,1H3,(H2,22,24)/i1D3. The maximum absolute atomic E-state index is 13.1. The van der Waals surface area contributed by atoms with Crippen molar-refractivity contribution in [1.82, 2.24) is 19.7 Å². The number of nitrogens with zero attached hydrogens (tertiary/aromatic N) is 4.